The number of thioether (sulfide) groups is 1. The Labute approximate surface area is 166 Å². The number of carboxylic acids is 2. The van der Waals surface area contributed by atoms with E-state index < -0.39 is 60.8 Å². The van der Waals surface area contributed by atoms with Gasteiger partial charge < -0.3 is 31.5 Å². The molecule has 1 aliphatic rings. The lowest BCUT2D eigenvalue weighted by Gasteiger charge is -2.28. The van der Waals surface area contributed by atoms with Gasteiger partial charge in [0, 0.05) is 6.54 Å². The molecule has 3 unspecified atom stereocenters. The minimum Gasteiger partial charge on any atom is -0.481 e. The Morgan fingerprint density at radius 1 is 1.21 bits per heavy atom. The molecule has 1 fully saturated rings. The lowest BCUT2D eigenvalue weighted by atomic mass is 10.1. The fourth-order valence-corrected chi connectivity index (χ4v) is 3.30. The molecule has 0 aromatic rings. The van der Waals surface area contributed by atoms with Crippen molar-refractivity contribution in [2.75, 3.05) is 25.1 Å². The Balaban J connectivity index is 2.84. The van der Waals surface area contributed by atoms with Crippen LogP contribution >= 0.6 is 11.8 Å². The molecule has 11 nitrogen and oxygen atoms in total. The molecular formula is C16H26N4O7S. The number of rotatable bonds is 11. The molecule has 0 aromatic carbocycles. The molecule has 1 heterocycles. The van der Waals surface area contributed by atoms with Crippen LogP contribution < -0.4 is 16.4 Å². The summed E-state index contributed by atoms with van der Waals surface area (Å²) in [6.45, 7) is -0.383. The summed E-state index contributed by atoms with van der Waals surface area (Å²) in [6.07, 6.45) is 2.38. The van der Waals surface area contributed by atoms with Crippen LogP contribution in [0.4, 0.5) is 0 Å². The van der Waals surface area contributed by atoms with Crippen molar-refractivity contribution < 1.29 is 34.2 Å². The van der Waals surface area contributed by atoms with E-state index in [0.717, 1.165) is 0 Å². The molecule has 0 spiro atoms. The minimum absolute atomic E-state index is 0.203. The van der Waals surface area contributed by atoms with Gasteiger partial charge in [0.2, 0.25) is 17.7 Å². The van der Waals surface area contributed by atoms with E-state index >= 15 is 0 Å². The van der Waals surface area contributed by atoms with Crippen LogP contribution in [-0.2, 0) is 24.0 Å². The molecule has 158 valence electrons. The van der Waals surface area contributed by atoms with Gasteiger partial charge in [0.25, 0.3) is 0 Å². The molecule has 0 saturated carbocycles. The topological polar surface area (TPSA) is 179 Å². The maximum Gasteiger partial charge on any atom is 0.322 e. The Bertz CT molecular complexity index is 616. The van der Waals surface area contributed by atoms with E-state index in [1.807, 2.05) is 6.26 Å². The van der Waals surface area contributed by atoms with Gasteiger partial charge in [-0.05, 0) is 31.3 Å². The van der Waals surface area contributed by atoms with E-state index in [2.05, 4.69) is 10.6 Å². The molecule has 3 atom stereocenters. The highest BCUT2D eigenvalue weighted by atomic mass is 32.2. The maximum atomic E-state index is 12.8. The van der Waals surface area contributed by atoms with Crippen LogP contribution in [-0.4, -0.2) is 88.0 Å². The summed E-state index contributed by atoms with van der Waals surface area (Å²) in [5.74, 6) is -3.86. The van der Waals surface area contributed by atoms with Crippen LogP contribution in [0.2, 0.25) is 0 Å². The third kappa shape index (κ3) is 7.35. The number of aliphatic carboxylic acids is 2. The molecule has 3 amide bonds. The van der Waals surface area contributed by atoms with Crippen LogP contribution in [0.1, 0.15) is 25.7 Å². The Hall–Kier alpha value is -2.34. The number of hydrogen-bond donors (Lipinski definition) is 5. The number of nitrogens with two attached hydrogens (primary N) is 1. The zero-order valence-corrected chi connectivity index (χ0v) is 16.4. The van der Waals surface area contributed by atoms with Crippen LogP contribution in [0.3, 0.4) is 0 Å². The van der Waals surface area contributed by atoms with Crippen LogP contribution in [0.25, 0.3) is 0 Å². The van der Waals surface area contributed by atoms with E-state index in [1.165, 1.54) is 16.7 Å². The van der Waals surface area contributed by atoms with Crippen molar-refractivity contribution in [3.63, 3.8) is 0 Å². The largest absolute Gasteiger partial charge is 0.481 e. The van der Waals surface area contributed by atoms with Gasteiger partial charge in [-0.25, -0.2) is 0 Å². The molecule has 0 aromatic heterocycles. The number of hydrogen-bond acceptors (Lipinski definition) is 7. The van der Waals surface area contributed by atoms with Crippen molar-refractivity contribution in [3.8, 4) is 0 Å². The molecule has 1 saturated heterocycles. The van der Waals surface area contributed by atoms with E-state index in [4.69, 9.17) is 15.9 Å². The number of carbonyl (C=O) groups is 5. The second-order valence-corrected chi connectivity index (χ2v) is 7.33. The highest BCUT2D eigenvalue weighted by Gasteiger charge is 2.38. The molecule has 1 aliphatic heterocycles. The van der Waals surface area contributed by atoms with E-state index in [9.17, 15) is 24.0 Å². The first-order valence-corrected chi connectivity index (χ1v) is 10.1. The molecule has 1 rings (SSSR count). The maximum absolute atomic E-state index is 12.8. The summed E-state index contributed by atoms with van der Waals surface area (Å²) in [5.41, 5.74) is 5.76. The Kier molecular flexibility index (Phi) is 9.73. The van der Waals surface area contributed by atoms with E-state index in [1.54, 1.807) is 0 Å². The molecule has 0 aliphatic carbocycles. The summed E-state index contributed by atoms with van der Waals surface area (Å²) < 4.78 is 0. The fourth-order valence-electron chi connectivity index (χ4n) is 2.81. The number of carbonyl (C=O) groups excluding carboxylic acids is 3. The highest BCUT2D eigenvalue weighted by Crippen LogP contribution is 2.19. The standard InChI is InChI=1S/C16H26N4O7S/c1-28-6-4-9(17)14(25)19-10(7-12(21)22)16(27)20-5-2-3-11(20)15(26)18-8-13(23)24/h9-11H,2-8,17H2,1H3,(H,18,26)(H,19,25)(H,21,22)(H,23,24). The van der Waals surface area contributed by atoms with E-state index in [-0.39, 0.29) is 6.54 Å². The van der Waals surface area contributed by atoms with Gasteiger partial charge in [0.05, 0.1) is 12.5 Å². The van der Waals surface area contributed by atoms with Gasteiger partial charge >= 0.3 is 11.9 Å². The van der Waals surface area contributed by atoms with Gasteiger partial charge in [-0.15, -0.1) is 0 Å². The summed E-state index contributed by atoms with van der Waals surface area (Å²) in [6, 6.07) is -3.16. The van der Waals surface area contributed by atoms with Gasteiger partial charge in [-0.3, -0.25) is 24.0 Å². The lowest BCUT2D eigenvalue weighted by molar-refractivity contribution is -0.146. The zero-order valence-electron chi connectivity index (χ0n) is 15.6. The molecule has 0 radical (unpaired) electrons. The first-order chi connectivity index (χ1) is 13.2. The monoisotopic (exact) mass is 418 g/mol. The van der Waals surface area contributed by atoms with Crippen LogP contribution in [0.5, 0.6) is 0 Å². The highest BCUT2D eigenvalue weighted by molar-refractivity contribution is 7.98. The first kappa shape index (κ1) is 23.7. The third-order valence-electron chi connectivity index (χ3n) is 4.22. The van der Waals surface area contributed by atoms with Gasteiger partial charge in [0.15, 0.2) is 0 Å². The average molecular weight is 418 g/mol. The summed E-state index contributed by atoms with van der Waals surface area (Å²) in [7, 11) is 0. The molecule has 0 bridgehead atoms. The van der Waals surface area contributed by atoms with Gasteiger partial charge in [0.1, 0.15) is 18.6 Å². The predicted molar refractivity (Wildman–Crippen MR) is 101 cm³/mol. The fraction of sp³-hybridized carbons (Fsp3) is 0.688. The molecule has 6 N–H and O–H groups in total. The molecular weight excluding hydrogens is 392 g/mol. The molecule has 12 heteroatoms. The summed E-state index contributed by atoms with van der Waals surface area (Å²) >= 11 is 1.50. The average Bonchev–Trinajstić information content (AvgIpc) is 3.12. The quantitative estimate of drug-likeness (QED) is 0.259. The predicted octanol–water partition coefficient (Wildman–Crippen LogP) is -1.78. The summed E-state index contributed by atoms with van der Waals surface area (Å²) in [5, 5.41) is 22.3. The van der Waals surface area contributed by atoms with Crippen molar-refractivity contribution >= 4 is 41.4 Å². The third-order valence-corrected chi connectivity index (χ3v) is 4.86. The zero-order chi connectivity index (χ0) is 21.3. The second-order valence-electron chi connectivity index (χ2n) is 6.35. The lowest BCUT2D eigenvalue weighted by Crippen LogP contribution is -2.56. The first-order valence-electron chi connectivity index (χ1n) is 8.74. The van der Waals surface area contributed by atoms with Crippen molar-refractivity contribution in [3.05, 3.63) is 0 Å². The Morgan fingerprint density at radius 2 is 1.89 bits per heavy atom. The number of nitrogens with one attached hydrogen (secondary N) is 2. The van der Waals surface area contributed by atoms with E-state index in [0.29, 0.717) is 25.0 Å². The number of amides is 3. The van der Waals surface area contributed by atoms with Crippen molar-refractivity contribution in [2.45, 2.75) is 43.8 Å². The number of carboxylic acid groups (broad SMARTS) is 2. The normalized spacial score (nSPS) is 18.2. The van der Waals surface area contributed by atoms with Crippen LogP contribution in [0.15, 0.2) is 0 Å². The number of nitrogens with zero attached hydrogens (tertiary/aromatic N) is 1. The summed E-state index contributed by atoms with van der Waals surface area (Å²) in [4.78, 5) is 60.1. The SMILES string of the molecule is CSCCC(N)C(=O)NC(CC(=O)O)C(=O)N1CCCC1C(=O)NCC(=O)O. The smallest absolute Gasteiger partial charge is 0.322 e. The number of likely N-dealkylation sites (tertiary alicyclic amines) is 1. The van der Waals surface area contributed by atoms with Crippen molar-refractivity contribution in [1.29, 1.82) is 0 Å². The van der Waals surface area contributed by atoms with Crippen LogP contribution in [0, 0.1) is 0 Å². The van der Waals surface area contributed by atoms with Crippen molar-refractivity contribution in [2.24, 2.45) is 5.73 Å². The minimum atomic E-state index is -1.36. The van der Waals surface area contributed by atoms with Gasteiger partial charge in [-0.1, -0.05) is 0 Å². The van der Waals surface area contributed by atoms with Crippen molar-refractivity contribution in [1.82, 2.24) is 15.5 Å². The van der Waals surface area contributed by atoms with Gasteiger partial charge in [-0.2, -0.15) is 11.8 Å². The Morgan fingerprint density at radius 3 is 2.46 bits per heavy atom. The molecule has 28 heavy (non-hydrogen) atoms. The second kappa shape index (κ2) is 11.5.